The van der Waals surface area contributed by atoms with Crippen LogP contribution in [-0.2, 0) is 15.1 Å². The third-order valence-corrected chi connectivity index (χ3v) is 3.63. The topological polar surface area (TPSA) is 46.5 Å². The average Bonchev–Trinajstić information content (AvgIpc) is 3.21. The highest BCUT2D eigenvalue weighted by molar-refractivity contribution is 5.80. The summed E-state index contributed by atoms with van der Waals surface area (Å²) in [5.41, 5.74) is -0.392. The number of carboxylic acids is 1. The van der Waals surface area contributed by atoms with Gasteiger partial charge in [-0.1, -0.05) is 37.3 Å². The fraction of sp³-hybridized carbons (Fsp3) is 0.533. The molecule has 1 aromatic carbocycles. The van der Waals surface area contributed by atoms with Crippen LogP contribution in [-0.4, -0.2) is 17.2 Å². The van der Waals surface area contributed by atoms with Gasteiger partial charge in [0.15, 0.2) is 5.60 Å². The van der Waals surface area contributed by atoms with Gasteiger partial charge in [0.25, 0.3) is 0 Å². The van der Waals surface area contributed by atoms with Crippen molar-refractivity contribution >= 4 is 5.97 Å². The molecule has 2 atom stereocenters. The van der Waals surface area contributed by atoms with E-state index >= 15 is 0 Å². The Labute approximate surface area is 108 Å². The fourth-order valence-electron chi connectivity index (χ4n) is 2.32. The van der Waals surface area contributed by atoms with Crippen molar-refractivity contribution in [1.29, 1.82) is 0 Å². The molecule has 0 saturated heterocycles. The van der Waals surface area contributed by atoms with Gasteiger partial charge in [0.1, 0.15) is 0 Å². The van der Waals surface area contributed by atoms with Gasteiger partial charge in [-0.3, -0.25) is 0 Å². The molecule has 0 heterocycles. The first kappa shape index (κ1) is 13.1. The Morgan fingerprint density at radius 1 is 1.44 bits per heavy atom. The van der Waals surface area contributed by atoms with Gasteiger partial charge in [0.05, 0.1) is 6.10 Å². The first-order chi connectivity index (χ1) is 8.61. The van der Waals surface area contributed by atoms with Crippen molar-refractivity contribution in [2.75, 3.05) is 0 Å². The Bertz CT molecular complexity index is 411. The quantitative estimate of drug-likeness (QED) is 0.841. The molecule has 3 heteroatoms. The summed E-state index contributed by atoms with van der Waals surface area (Å²) in [5.74, 6) is -0.761. The summed E-state index contributed by atoms with van der Waals surface area (Å²) < 4.78 is 5.96. The highest BCUT2D eigenvalue weighted by Gasteiger charge is 2.54. The Morgan fingerprint density at radius 2 is 2.06 bits per heavy atom. The maximum absolute atomic E-state index is 11.8. The maximum atomic E-state index is 11.8. The molecule has 1 aliphatic rings. The Hall–Kier alpha value is -1.35. The first-order valence-corrected chi connectivity index (χ1v) is 6.58. The number of carboxylic acid groups (broad SMARTS) is 1. The predicted molar refractivity (Wildman–Crippen MR) is 69.3 cm³/mol. The standard InChI is InChI=1S/C15H20O3/c1-3-11(2)18-15(14(16)17,13-9-10-13)12-7-5-4-6-8-12/h4-8,11,13H,3,9-10H2,1-2H3,(H,16,17). The molecule has 18 heavy (non-hydrogen) atoms. The third-order valence-electron chi connectivity index (χ3n) is 3.63. The molecule has 1 saturated carbocycles. The highest BCUT2D eigenvalue weighted by atomic mass is 16.5. The van der Waals surface area contributed by atoms with E-state index in [4.69, 9.17) is 4.74 Å². The minimum Gasteiger partial charge on any atom is -0.479 e. The van der Waals surface area contributed by atoms with Gasteiger partial charge in [-0.2, -0.15) is 0 Å². The minimum absolute atomic E-state index is 0.0538. The largest absolute Gasteiger partial charge is 0.479 e. The molecule has 1 aliphatic carbocycles. The Morgan fingerprint density at radius 3 is 2.50 bits per heavy atom. The zero-order chi connectivity index (χ0) is 13.2. The normalized spacial score (nSPS) is 20.1. The lowest BCUT2D eigenvalue weighted by Gasteiger charge is -2.33. The summed E-state index contributed by atoms with van der Waals surface area (Å²) in [7, 11) is 0. The van der Waals surface area contributed by atoms with E-state index in [0.717, 1.165) is 24.8 Å². The molecule has 2 unspecified atom stereocenters. The van der Waals surface area contributed by atoms with Crippen LogP contribution < -0.4 is 0 Å². The van der Waals surface area contributed by atoms with E-state index in [0.29, 0.717) is 0 Å². The number of rotatable bonds is 6. The maximum Gasteiger partial charge on any atom is 0.340 e. The molecule has 0 amide bonds. The smallest absolute Gasteiger partial charge is 0.340 e. The Kier molecular flexibility index (Phi) is 3.71. The SMILES string of the molecule is CCC(C)OC(C(=O)O)(c1ccccc1)C1CC1. The molecule has 0 aliphatic heterocycles. The van der Waals surface area contributed by atoms with Gasteiger partial charge in [0, 0.05) is 5.92 Å². The van der Waals surface area contributed by atoms with Crippen LogP contribution in [0.4, 0.5) is 0 Å². The minimum atomic E-state index is -1.16. The van der Waals surface area contributed by atoms with E-state index in [1.54, 1.807) is 0 Å². The molecule has 98 valence electrons. The van der Waals surface area contributed by atoms with Gasteiger partial charge < -0.3 is 9.84 Å². The molecule has 1 N–H and O–H groups in total. The van der Waals surface area contributed by atoms with Crippen molar-refractivity contribution in [2.45, 2.75) is 44.8 Å². The lowest BCUT2D eigenvalue weighted by molar-refractivity contribution is -0.180. The van der Waals surface area contributed by atoms with Crippen molar-refractivity contribution in [2.24, 2.45) is 5.92 Å². The molecule has 0 radical (unpaired) electrons. The number of aliphatic carboxylic acids is 1. The molecular weight excluding hydrogens is 228 g/mol. The van der Waals surface area contributed by atoms with Crippen LogP contribution in [0.5, 0.6) is 0 Å². The molecule has 0 spiro atoms. The van der Waals surface area contributed by atoms with Gasteiger partial charge in [-0.25, -0.2) is 4.79 Å². The van der Waals surface area contributed by atoms with E-state index in [-0.39, 0.29) is 12.0 Å². The average molecular weight is 248 g/mol. The van der Waals surface area contributed by atoms with Crippen LogP contribution in [0.25, 0.3) is 0 Å². The van der Waals surface area contributed by atoms with Crippen LogP contribution in [0.3, 0.4) is 0 Å². The highest BCUT2D eigenvalue weighted by Crippen LogP contribution is 2.49. The van der Waals surface area contributed by atoms with Gasteiger partial charge >= 0.3 is 5.97 Å². The first-order valence-electron chi connectivity index (χ1n) is 6.58. The van der Waals surface area contributed by atoms with E-state index in [2.05, 4.69) is 0 Å². The fourth-order valence-corrected chi connectivity index (χ4v) is 2.32. The second-order valence-corrected chi connectivity index (χ2v) is 5.02. The third kappa shape index (κ3) is 2.27. The Balaban J connectivity index is 2.40. The van der Waals surface area contributed by atoms with Crippen molar-refractivity contribution in [3.8, 4) is 0 Å². The van der Waals surface area contributed by atoms with Crippen molar-refractivity contribution in [1.82, 2.24) is 0 Å². The summed E-state index contributed by atoms with van der Waals surface area (Å²) in [4.78, 5) is 11.8. The van der Waals surface area contributed by atoms with Crippen LogP contribution >= 0.6 is 0 Å². The molecular formula is C15H20O3. The number of carbonyl (C=O) groups is 1. The number of hydrogen-bond acceptors (Lipinski definition) is 2. The van der Waals surface area contributed by atoms with Crippen molar-refractivity contribution in [3.63, 3.8) is 0 Å². The molecule has 0 bridgehead atoms. The van der Waals surface area contributed by atoms with E-state index in [1.807, 2.05) is 44.2 Å². The zero-order valence-corrected chi connectivity index (χ0v) is 10.9. The summed E-state index contributed by atoms with van der Waals surface area (Å²) in [6.07, 6.45) is 2.62. The van der Waals surface area contributed by atoms with Crippen LogP contribution in [0.1, 0.15) is 38.7 Å². The van der Waals surface area contributed by atoms with Crippen molar-refractivity contribution in [3.05, 3.63) is 35.9 Å². The molecule has 3 nitrogen and oxygen atoms in total. The molecule has 2 rings (SSSR count). The monoisotopic (exact) mass is 248 g/mol. The summed E-state index contributed by atoms with van der Waals surface area (Å²) in [6, 6.07) is 9.35. The second-order valence-electron chi connectivity index (χ2n) is 5.02. The van der Waals surface area contributed by atoms with Gasteiger partial charge in [-0.15, -0.1) is 0 Å². The van der Waals surface area contributed by atoms with E-state index in [1.165, 1.54) is 0 Å². The lowest BCUT2D eigenvalue weighted by atomic mass is 9.88. The van der Waals surface area contributed by atoms with Crippen LogP contribution in [0.15, 0.2) is 30.3 Å². The van der Waals surface area contributed by atoms with E-state index < -0.39 is 11.6 Å². The number of hydrogen-bond donors (Lipinski definition) is 1. The van der Waals surface area contributed by atoms with Gasteiger partial charge in [-0.05, 0) is 31.7 Å². The number of ether oxygens (including phenoxy) is 1. The molecule has 0 aromatic heterocycles. The lowest BCUT2D eigenvalue weighted by Crippen LogP contribution is -2.43. The van der Waals surface area contributed by atoms with Crippen LogP contribution in [0.2, 0.25) is 0 Å². The zero-order valence-electron chi connectivity index (χ0n) is 10.9. The van der Waals surface area contributed by atoms with E-state index in [9.17, 15) is 9.90 Å². The molecule has 1 aromatic rings. The summed E-state index contributed by atoms with van der Waals surface area (Å²) in [6.45, 7) is 3.94. The second kappa shape index (κ2) is 5.11. The predicted octanol–water partition coefficient (Wildman–Crippen LogP) is 3.19. The van der Waals surface area contributed by atoms with Crippen LogP contribution in [0, 0.1) is 5.92 Å². The summed E-state index contributed by atoms with van der Waals surface area (Å²) >= 11 is 0. The number of benzene rings is 1. The van der Waals surface area contributed by atoms with Crippen molar-refractivity contribution < 1.29 is 14.6 Å². The van der Waals surface area contributed by atoms with Gasteiger partial charge in [0.2, 0.25) is 0 Å². The summed E-state index contributed by atoms with van der Waals surface area (Å²) in [5, 5.41) is 9.71. The molecule has 1 fully saturated rings.